The molecule has 0 radical (unpaired) electrons. The zero-order valence-electron chi connectivity index (χ0n) is 22.4. The number of rotatable bonds is 7. The highest BCUT2D eigenvalue weighted by molar-refractivity contribution is 7.99. The van der Waals surface area contributed by atoms with Crippen LogP contribution in [0.1, 0.15) is 34.4 Å². The number of carbonyl (C=O) groups excluding carboxylic acids is 1. The molecule has 6 rings (SSSR count). The van der Waals surface area contributed by atoms with Gasteiger partial charge in [0.2, 0.25) is 5.91 Å². The molecule has 2 heterocycles. The Morgan fingerprint density at radius 2 is 1.80 bits per heavy atom. The van der Waals surface area contributed by atoms with E-state index in [-0.39, 0.29) is 17.2 Å². The van der Waals surface area contributed by atoms with E-state index >= 15 is 0 Å². The lowest BCUT2D eigenvalue weighted by Gasteiger charge is -2.16. The topological polar surface area (TPSA) is 73.2 Å². The molecule has 1 N–H and O–H groups in total. The fourth-order valence-electron chi connectivity index (χ4n) is 5.14. The SMILES string of the molecule is Cc1ccc(-n2c(SCC(=O)Nc3ccccc3Oc3ccccc3)nc3sc4c(c3c2=O)CCCC4)c(C)c1. The van der Waals surface area contributed by atoms with Crippen molar-refractivity contribution in [1.29, 1.82) is 0 Å². The van der Waals surface area contributed by atoms with Crippen molar-refractivity contribution < 1.29 is 9.53 Å². The molecule has 1 aliphatic rings. The van der Waals surface area contributed by atoms with Gasteiger partial charge in [0.1, 0.15) is 10.6 Å². The van der Waals surface area contributed by atoms with Crippen LogP contribution in [0.4, 0.5) is 5.69 Å². The van der Waals surface area contributed by atoms with Gasteiger partial charge < -0.3 is 10.1 Å². The number of hydrogen-bond donors (Lipinski definition) is 1. The van der Waals surface area contributed by atoms with Crippen molar-refractivity contribution in [2.24, 2.45) is 0 Å². The monoisotopic (exact) mass is 567 g/mol. The third kappa shape index (κ3) is 5.29. The second kappa shape index (κ2) is 11.3. The Labute approximate surface area is 241 Å². The molecule has 3 aromatic carbocycles. The molecule has 40 heavy (non-hydrogen) atoms. The van der Waals surface area contributed by atoms with Crippen LogP contribution in [-0.2, 0) is 17.6 Å². The van der Waals surface area contributed by atoms with E-state index in [2.05, 4.69) is 11.4 Å². The molecule has 1 aliphatic carbocycles. The third-order valence-corrected chi connectivity index (χ3v) is 9.14. The number of aryl methyl sites for hydroxylation is 4. The predicted octanol–water partition coefficient (Wildman–Crippen LogP) is 7.47. The first kappa shape index (κ1) is 26.3. The van der Waals surface area contributed by atoms with E-state index in [1.807, 2.05) is 80.6 Å². The number of fused-ring (bicyclic) bond motifs is 3. The van der Waals surface area contributed by atoms with Gasteiger partial charge in [-0.15, -0.1) is 11.3 Å². The normalized spacial score (nSPS) is 12.8. The summed E-state index contributed by atoms with van der Waals surface area (Å²) in [6, 6.07) is 22.9. The van der Waals surface area contributed by atoms with Crippen LogP contribution >= 0.6 is 23.1 Å². The zero-order chi connectivity index (χ0) is 27.6. The summed E-state index contributed by atoms with van der Waals surface area (Å²) >= 11 is 2.90. The molecule has 0 unspecified atom stereocenters. The van der Waals surface area contributed by atoms with Gasteiger partial charge in [0.25, 0.3) is 5.56 Å². The molecule has 1 amide bonds. The van der Waals surface area contributed by atoms with Crippen LogP contribution in [0.15, 0.2) is 82.7 Å². The summed E-state index contributed by atoms with van der Waals surface area (Å²) < 4.78 is 7.70. The first-order valence-electron chi connectivity index (χ1n) is 13.4. The summed E-state index contributed by atoms with van der Waals surface area (Å²) in [6.07, 6.45) is 4.14. The molecular formula is C32H29N3O3S2. The molecule has 0 fully saturated rings. The maximum Gasteiger partial charge on any atom is 0.267 e. The summed E-state index contributed by atoms with van der Waals surface area (Å²) in [6.45, 7) is 4.04. The van der Waals surface area contributed by atoms with Gasteiger partial charge in [-0.2, -0.15) is 0 Å². The first-order valence-corrected chi connectivity index (χ1v) is 15.2. The van der Waals surface area contributed by atoms with Crippen molar-refractivity contribution >= 4 is 44.9 Å². The van der Waals surface area contributed by atoms with E-state index < -0.39 is 0 Å². The fraction of sp³-hybridized carbons (Fsp3) is 0.219. The molecule has 5 aromatic rings. The third-order valence-electron chi connectivity index (χ3n) is 7.02. The van der Waals surface area contributed by atoms with E-state index in [0.29, 0.717) is 22.3 Å². The maximum atomic E-state index is 14.1. The minimum atomic E-state index is -0.207. The Morgan fingerprint density at radius 3 is 2.62 bits per heavy atom. The molecule has 0 atom stereocenters. The number of thioether (sulfide) groups is 1. The van der Waals surface area contributed by atoms with Crippen molar-refractivity contribution in [3.8, 4) is 17.2 Å². The van der Waals surface area contributed by atoms with Crippen molar-refractivity contribution in [3.05, 3.63) is 105 Å². The number of para-hydroxylation sites is 3. The molecule has 202 valence electrons. The predicted molar refractivity (Wildman–Crippen MR) is 164 cm³/mol. The van der Waals surface area contributed by atoms with Crippen molar-refractivity contribution in [2.75, 3.05) is 11.1 Å². The maximum absolute atomic E-state index is 14.1. The highest BCUT2D eigenvalue weighted by Gasteiger charge is 2.24. The molecule has 6 nitrogen and oxygen atoms in total. The van der Waals surface area contributed by atoms with Gasteiger partial charge in [0.15, 0.2) is 10.9 Å². The molecule has 0 bridgehead atoms. The number of anilines is 1. The van der Waals surface area contributed by atoms with Gasteiger partial charge in [0, 0.05) is 4.88 Å². The summed E-state index contributed by atoms with van der Waals surface area (Å²) in [5.41, 5.74) is 4.60. The molecule has 0 saturated carbocycles. The van der Waals surface area contributed by atoms with Crippen LogP contribution in [-0.4, -0.2) is 21.2 Å². The van der Waals surface area contributed by atoms with Gasteiger partial charge in [0.05, 0.1) is 22.5 Å². The van der Waals surface area contributed by atoms with Crippen molar-refractivity contribution in [1.82, 2.24) is 9.55 Å². The van der Waals surface area contributed by atoms with Crippen LogP contribution < -0.4 is 15.6 Å². The van der Waals surface area contributed by atoms with E-state index in [0.717, 1.165) is 58.3 Å². The van der Waals surface area contributed by atoms with Crippen LogP contribution in [0.3, 0.4) is 0 Å². The van der Waals surface area contributed by atoms with E-state index in [9.17, 15) is 9.59 Å². The zero-order valence-corrected chi connectivity index (χ0v) is 24.0. The van der Waals surface area contributed by atoms with Crippen LogP contribution in [0, 0.1) is 13.8 Å². The highest BCUT2D eigenvalue weighted by Crippen LogP contribution is 2.36. The summed E-state index contributed by atoms with van der Waals surface area (Å²) in [4.78, 5) is 34.2. The number of thiophene rings is 1. The summed E-state index contributed by atoms with van der Waals surface area (Å²) in [5.74, 6) is 1.13. The second-order valence-electron chi connectivity index (χ2n) is 9.96. The Balaban J connectivity index is 1.31. The van der Waals surface area contributed by atoms with Gasteiger partial charge in [-0.25, -0.2) is 4.98 Å². The Kier molecular flexibility index (Phi) is 7.45. The minimum Gasteiger partial charge on any atom is -0.455 e. The fourth-order valence-corrected chi connectivity index (χ4v) is 7.25. The molecular weight excluding hydrogens is 539 g/mol. The Hall–Kier alpha value is -3.88. The Morgan fingerprint density at radius 1 is 1.02 bits per heavy atom. The second-order valence-corrected chi connectivity index (χ2v) is 12.0. The number of nitrogens with zero attached hydrogens (tertiary/aromatic N) is 2. The van der Waals surface area contributed by atoms with Crippen molar-refractivity contribution in [3.63, 3.8) is 0 Å². The average molecular weight is 568 g/mol. The number of hydrogen-bond acceptors (Lipinski definition) is 6. The van der Waals surface area contributed by atoms with E-state index in [1.165, 1.54) is 16.6 Å². The summed E-state index contributed by atoms with van der Waals surface area (Å²) in [5, 5.41) is 4.23. The van der Waals surface area contributed by atoms with E-state index in [1.54, 1.807) is 15.9 Å². The van der Waals surface area contributed by atoms with Gasteiger partial charge >= 0.3 is 0 Å². The smallest absolute Gasteiger partial charge is 0.267 e. The van der Waals surface area contributed by atoms with E-state index in [4.69, 9.17) is 9.72 Å². The minimum absolute atomic E-state index is 0.0548. The first-order chi connectivity index (χ1) is 19.5. The lowest BCUT2D eigenvalue weighted by molar-refractivity contribution is -0.113. The quantitative estimate of drug-likeness (QED) is 0.163. The van der Waals surface area contributed by atoms with Crippen LogP contribution in [0.5, 0.6) is 11.5 Å². The number of nitrogens with one attached hydrogen (secondary N) is 1. The Bertz CT molecular complexity index is 1780. The molecule has 0 spiro atoms. The van der Waals surface area contributed by atoms with Gasteiger partial charge in [-0.1, -0.05) is 59.8 Å². The van der Waals surface area contributed by atoms with Crippen molar-refractivity contribution in [2.45, 2.75) is 44.7 Å². The molecule has 0 aliphatic heterocycles. The average Bonchev–Trinajstić information content (AvgIpc) is 3.33. The molecule has 2 aromatic heterocycles. The lowest BCUT2D eigenvalue weighted by Crippen LogP contribution is -2.24. The van der Waals surface area contributed by atoms with Crippen LogP contribution in [0.2, 0.25) is 0 Å². The standard InChI is InChI=1S/C32H29N3O3S2/c1-20-16-17-25(21(2)18-20)35-31(37)29-23-12-6-9-15-27(23)40-30(29)34-32(35)39-19-28(36)33-24-13-7-8-14-26(24)38-22-10-4-3-5-11-22/h3-5,7-8,10-11,13-14,16-18H,6,9,12,15,19H2,1-2H3,(H,33,36). The molecule has 8 heteroatoms. The number of ether oxygens (including phenoxy) is 1. The van der Waals surface area contributed by atoms with Crippen LogP contribution in [0.25, 0.3) is 15.9 Å². The lowest BCUT2D eigenvalue weighted by atomic mass is 9.97. The molecule has 0 saturated heterocycles. The number of aromatic nitrogens is 2. The summed E-state index contributed by atoms with van der Waals surface area (Å²) in [7, 11) is 0. The largest absolute Gasteiger partial charge is 0.455 e. The van der Waals surface area contributed by atoms with Gasteiger partial charge in [-0.05, 0) is 81.0 Å². The number of amides is 1. The number of benzene rings is 3. The van der Waals surface area contributed by atoms with Gasteiger partial charge in [-0.3, -0.25) is 14.2 Å². The number of carbonyl (C=O) groups is 1. The highest BCUT2D eigenvalue weighted by atomic mass is 32.2.